The largest absolute Gasteiger partial charge is 0.460 e. The SMILES string of the molecule is CC(C)(C)OC(=O)C1CCCC(NS(=O)(=O)c2ccccc2)C1. The van der Waals surface area contributed by atoms with Crippen LogP contribution in [0.3, 0.4) is 0 Å². The summed E-state index contributed by atoms with van der Waals surface area (Å²) < 4.78 is 32.9. The molecule has 0 bridgehead atoms. The molecule has 1 aliphatic carbocycles. The summed E-state index contributed by atoms with van der Waals surface area (Å²) >= 11 is 0. The van der Waals surface area contributed by atoms with Crippen molar-refractivity contribution in [2.24, 2.45) is 5.92 Å². The lowest BCUT2D eigenvalue weighted by Crippen LogP contribution is -2.41. The Morgan fingerprint density at radius 2 is 1.83 bits per heavy atom. The second kappa shape index (κ2) is 7.01. The molecule has 1 aliphatic rings. The van der Waals surface area contributed by atoms with E-state index in [-0.39, 0.29) is 22.8 Å². The van der Waals surface area contributed by atoms with Crippen LogP contribution in [-0.2, 0) is 19.6 Å². The van der Waals surface area contributed by atoms with Crippen molar-refractivity contribution in [2.75, 3.05) is 0 Å². The van der Waals surface area contributed by atoms with Gasteiger partial charge in [-0.3, -0.25) is 4.79 Å². The Labute approximate surface area is 138 Å². The van der Waals surface area contributed by atoms with Crippen LogP contribution in [0.15, 0.2) is 35.2 Å². The van der Waals surface area contributed by atoms with Crippen LogP contribution in [0.1, 0.15) is 46.5 Å². The van der Waals surface area contributed by atoms with Crippen LogP contribution in [0.4, 0.5) is 0 Å². The lowest BCUT2D eigenvalue weighted by atomic mass is 9.86. The molecule has 0 radical (unpaired) electrons. The van der Waals surface area contributed by atoms with Gasteiger partial charge in [-0.2, -0.15) is 0 Å². The van der Waals surface area contributed by atoms with E-state index < -0.39 is 15.6 Å². The molecule has 1 saturated carbocycles. The Balaban J connectivity index is 2.00. The Hall–Kier alpha value is -1.40. The van der Waals surface area contributed by atoms with Gasteiger partial charge in [0.1, 0.15) is 5.60 Å². The van der Waals surface area contributed by atoms with Crippen molar-refractivity contribution in [1.29, 1.82) is 0 Å². The van der Waals surface area contributed by atoms with E-state index in [1.54, 1.807) is 30.3 Å². The zero-order valence-corrected chi connectivity index (χ0v) is 14.7. The first-order chi connectivity index (χ1) is 10.7. The van der Waals surface area contributed by atoms with Gasteiger partial charge in [-0.15, -0.1) is 0 Å². The average Bonchev–Trinajstić information content (AvgIpc) is 2.46. The van der Waals surface area contributed by atoms with Crippen molar-refractivity contribution >= 4 is 16.0 Å². The first-order valence-electron chi connectivity index (χ1n) is 7.97. The Morgan fingerprint density at radius 1 is 1.17 bits per heavy atom. The van der Waals surface area contributed by atoms with Crippen molar-refractivity contribution in [3.05, 3.63) is 30.3 Å². The number of hydrogen-bond acceptors (Lipinski definition) is 4. The van der Waals surface area contributed by atoms with E-state index in [0.29, 0.717) is 6.42 Å². The van der Waals surface area contributed by atoms with Gasteiger partial charge in [0.25, 0.3) is 0 Å². The molecule has 23 heavy (non-hydrogen) atoms. The van der Waals surface area contributed by atoms with Crippen LogP contribution < -0.4 is 4.72 Å². The summed E-state index contributed by atoms with van der Waals surface area (Å²) in [5, 5.41) is 0. The van der Waals surface area contributed by atoms with Crippen LogP contribution in [0.2, 0.25) is 0 Å². The fourth-order valence-corrected chi connectivity index (χ4v) is 4.09. The molecule has 0 amide bonds. The van der Waals surface area contributed by atoms with Gasteiger partial charge >= 0.3 is 5.97 Å². The molecular formula is C17H25NO4S. The lowest BCUT2D eigenvalue weighted by molar-refractivity contribution is -0.161. The minimum atomic E-state index is -3.55. The molecule has 128 valence electrons. The molecule has 1 fully saturated rings. The van der Waals surface area contributed by atoms with Crippen molar-refractivity contribution < 1.29 is 17.9 Å². The Morgan fingerprint density at radius 3 is 2.43 bits per heavy atom. The summed E-state index contributed by atoms with van der Waals surface area (Å²) in [6, 6.07) is 8.06. The number of hydrogen-bond donors (Lipinski definition) is 1. The molecule has 2 rings (SSSR count). The van der Waals surface area contributed by atoms with Gasteiger partial charge in [-0.25, -0.2) is 13.1 Å². The first kappa shape index (κ1) is 17.9. The van der Waals surface area contributed by atoms with Gasteiger partial charge in [0.2, 0.25) is 10.0 Å². The number of esters is 1. The molecule has 6 heteroatoms. The highest BCUT2D eigenvalue weighted by atomic mass is 32.2. The van der Waals surface area contributed by atoms with Crippen molar-refractivity contribution in [1.82, 2.24) is 4.72 Å². The molecule has 1 N–H and O–H groups in total. The third-order valence-corrected chi connectivity index (χ3v) is 5.33. The van der Waals surface area contributed by atoms with E-state index in [1.807, 2.05) is 20.8 Å². The number of carbonyl (C=O) groups is 1. The molecule has 2 unspecified atom stereocenters. The number of carbonyl (C=O) groups excluding carboxylic acids is 1. The first-order valence-corrected chi connectivity index (χ1v) is 9.46. The zero-order valence-electron chi connectivity index (χ0n) is 13.9. The van der Waals surface area contributed by atoms with Gasteiger partial charge in [-0.1, -0.05) is 24.6 Å². The molecule has 5 nitrogen and oxygen atoms in total. The minimum Gasteiger partial charge on any atom is -0.460 e. The van der Waals surface area contributed by atoms with E-state index >= 15 is 0 Å². The number of ether oxygens (including phenoxy) is 1. The minimum absolute atomic E-state index is 0.230. The maximum Gasteiger partial charge on any atom is 0.309 e. The highest BCUT2D eigenvalue weighted by molar-refractivity contribution is 7.89. The fourth-order valence-electron chi connectivity index (χ4n) is 2.78. The van der Waals surface area contributed by atoms with Gasteiger partial charge in [0, 0.05) is 6.04 Å². The summed E-state index contributed by atoms with van der Waals surface area (Å²) in [6.07, 6.45) is 2.79. The third kappa shape index (κ3) is 5.32. The lowest BCUT2D eigenvalue weighted by Gasteiger charge is -2.30. The Bertz CT molecular complexity index is 634. The molecule has 0 spiro atoms. The van der Waals surface area contributed by atoms with Crippen molar-refractivity contribution in [3.8, 4) is 0 Å². The van der Waals surface area contributed by atoms with Gasteiger partial charge in [0.15, 0.2) is 0 Å². The van der Waals surface area contributed by atoms with E-state index in [0.717, 1.165) is 19.3 Å². The summed E-state index contributed by atoms with van der Waals surface area (Å²) in [6.45, 7) is 5.51. The van der Waals surface area contributed by atoms with Crippen LogP contribution in [0.5, 0.6) is 0 Å². The summed E-state index contributed by atoms with van der Waals surface area (Å²) in [7, 11) is -3.55. The van der Waals surface area contributed by atoms with Gasteiger partial charge in [-0.05, 0) is 52.2 Å². The highest BCUT2D eigenvalue weighted by Crippen LogP contribution is 2.28. The molecule has 2 atom stereocenters. The summed E-state index contributed by atoms with van der Waals surface area (Å²) in [5.41, 5.74) is -0.520. The Kier molecular flexibility index (Phi) is 5.47. The second-order valence-electron chi connectivity index (χ2n) is 7.03. The molecule has 1 aromatic rings. The second-order valence-corrected chi connectivity index (χ2v) is 8.74. The molecule has 0 aromatic heterocycles. The average molecular weight is 339 g/mol. The molecule has 1 aromatic carbocycles. The fraction of sp³-hybridized carbons (Fsp3) is 0.588. The maximum atomic E-state index is 12.4. The monoisotopic (exact) mass is 339 g/mol. The van der Waals surface area contributed by atoms with Gasteiger partial charge in [0.05, 0.1) is 10.8 Å². The van der Waals surface area contributed by atoms with Crippen LogP contribution in [0.25, 0.3) is 0 Å². The highest BCUT2D eigenvalue weighted by Gasteiger charge is 2.32. The normalized spacial score (nSPS) is 22.6. The number of nitrogens with one attached hydrogen (secondary N) is 1. The third-order valence-electron chi connectivity index (χ3n) is 3.79. The number of rotatable bonds is 4. The zero-order chi connectivity index (χ0) is 17.1. The predicted octanol–water partition coefficient (Wildman–Crippen LogP) is 2.87. The standard InChI is InChI=1S/C17H25NO4S/c1-17(2,3)22-16(19)13-8-7-9-14(12-13)18-23(20,21)15-10-5-4-6-11-15/h4-6,10-11,13-14,18H,7-9,12H2,1-3H3. The van der Waals surface area contributed by atoms with E-state index in [9.17, 15) is 13.2 Å². The van der Waals surface area contributed by atoms with Crippen LogP contribution in [0, 0.1) is 5.92 Å². The molecule has 0 saturated heterocycles. The molecule has 0 aliphatic heterocycles. The van der Waals surface area contributed by atoms with E-state index in [1.165, 1.54) is 0 Å². The quantitative estimate of drug-likeness (QED) is 0.856. The predicted molar refractivity (Wildman–Crippen MR) is 88.4 cm³/mol. The van der Waals surface area contributed by atoms with E-state index in [4.69, 9.17) is 4.74 Å². The molecule has 0 heterocycles. The summed E-state index contributed by atoms with van der Waals surface area (Å²) in [5.74, 6) is -0.479. The number of benzene rings is 1. The smallest absolute Gasteiger partial charge is 0.309 e. The van der Waals surface area contributed by atoms with Crippen molar-refractivity contribution in [2.45, 2.75) is 63.0 Å². The topological polar surface area (TPSA) is 72.5 Å². The van der Waals surface area contributed by atoms with E-state index in [2.05, 4.69) is 4.72 Å². The molecular weight excluding hydrogens is 314 g/mol. The van der Waals surface area contributed by atoms with Gasteiger partial charge < -0.3 is 4.74 Å². The maximum absolute atomic E-state index is 12.4. The van der Waals surface area contributed by atoms with Crippen molar-refractivity contribution in [3.63, 3.8) is 0 Å². The number of sulfonamides is 1. The van der Waals surface area contributed by atoms with Crippen LogP contribution >= 0.6 is 0 Å². The summed E-state index contributed by atoms with van der Waals surface area (Å²) in [4.78, 5) is 12.4. The van der Waals surface area contributed by atoms with Crippen LogP contribution in [-0.4, -0.2) is 26.0 Å².